The third-order valence-electron chi connectivity index (χ3n) is 2.48. The third kappa shape index (κ3) is 2.01. The van der Waals surface area contributed by atoms with Crippen LogP contribution in [0.3, 0.4) is 0 Å². The lowest BCUT2D eigenvalue weighted by Gasteiger charge is -2.22. The summed E-state index contributed by atoms with van der Waals surface area (Å²) in [5.41, 5.74) is 1.65. The molecule has 0 aromatic carbocycles. The van der Waals surface area contributed by atoms with Crippen LogP contribution in [0.5, 0.6) is 0 Å². The summed E-state index contributed by atoms with van der Waals surface area (Å²) in [6.07, 6.45) is 0. The van der Waals surface area contributed by atoms with Gasteiger partial charge in [0.05, 0.1) is 0 Å². The van der Waals surface area contributed by atoms with Crippen molar-refractivity contribution in [1.82, 2.24) is 9.97 Å². The van der Waals surface area contributed by atoms with Crippen molar-refractivity contribution in [3.05, 3.63) is 21.7 Å². The number of aromatic nitrogens is 2. The Morgan fingerprint density at radius 1 is 1.36 bits per heavy atom. The molecule has 1 aromatic heterocycles. The summed E-state index contributed by atoms with van der Waals surface area (Å²) >= 11 is 5.16. The third-order valence-corrected chi connectivity index (χ3v) is 2.88. The maximum absolute atomic E-state index is 5.33. The van der Waals surface area contributed by atoms with E-state index >= 15 is 0 Å². The molecule has 1 N–H and O–H groups in total. The largest absolute Gasteiger partial charge is 0.371 e. The lowest BCUT2D eigenvalue weighted by Crippen LogP contribution is -2.23. The van der Waals surface area contributed by atoms with Gasteiger partial charge in [0.15, 0.2) is 0 Å². The number of nitrogens with zero attached hydrogens (tertiary/aromatic N) is 1. The topological polar surface area (TPSA) is 37.9 Å². The Morgan fingerprint density at radius 2 is 1.93 bits per heavy atom. The highest BCUT2D eigenvalue weighted by Crippen LogP contribution is 2.20. The van der Waals surface area contributed by atoms with Crippen LogP contribution in [-0.4, -0.2) is 17.1 Å². The van der Waals surface area contributed by atoms with Crippen molar-refractivity contribution in [1.29, 1.82) is 0 Å². The second-order valence-corrected chi connectivity index (χ2v) is 4.24. The van der Waals surface area contributed by atoms with Crippen LogP contribution < -0.4 is 0 Å². The molecule has 14 heavy (non-hydrogen) atoms. The minimum absolute atomic E-state index is 0.425. The minimum atomic E-state index is -0.425. The Bertz CT molecular complexity index is 396. The van der Waals surface area contributed by atoms with Gasteiger partial charge in [0.25, 0.3) is 0 Å². The molecule has 0 saturated carbocycles. The Kier molecular flexibility index (Phi) is 3.07. The molecule has 0 spiro atoms. The van der Waals surface area contributed by atoms with E-state index in [-0.39, 0.29) is 0 Å². The van der Waals surface area contributed by atoms with Gasteiger partial charge < -0.3 is 9.72 Å². The summed E-state index contributed by atoms with van der Waals surface area (Å²) in [7, 11) is 1.66. The van der Waals surface area contributed by atoms with Crippen molar-refractivity contribution in [2.45, 2.75) is 33.3 Å². The first-order valence-corrected chi connectivity index (χ1v) is 4.92. The van der Waals surface area contributed by atoms with Gasteiger partial charge in [-0.2, -0.15) is 0 Å². The predicted molar refractivity (Wildman–Crippen MR) is 58.9 cm³/mol. The van der Waals surface area contributed by atoms with Gasteiger partial charge in [-0.15, -0.1) is 0 Å². The molecule has 0 atom stereocenters. The number of aryl methyl sites for hydroxylation is 1. The molecule has 0 fully saturated rings. The number of hydrogen-bond donors (Lipinski definition) is 1. The standard InChI is InChI=1S/C10H16N2OS/c1-6-7(2)11-9(12-8(6)14)10(3,4)13-5/h1-5H3,(H,11,12,14). The molecule has 1 heterocycles. The van der Waals surface area contributed by atoms with E-state index in [1.807, 2.05) is 27.7 Å². The summed E-state index contributed by atoms with van der Waals surface area (Å²) in [6, 6.07) is 0. The molecule has 1 aromatic rings. The fraction of sp³-hybridized carbons (Fsp3) is 0.600. The molecule has 0 aliphatic carbocycles. The van der Waals surface area contributed by atoms with Crippen molar-refractivity contribution in [2.24, 2.45) is 0 Å². The molecular weight excluding hydrogens is 196 g/mol. The number of ether oxygens (including phenoxy) is 1. The Morgan fingerprint density at radius 3 is 2.36 bits per heavy atom. The van der Waals surface area contributed by atoms with Crippen LogP contribution in [0.15, 0.2) is 0 Å². The van der Waals surface area contributed by atoms with Crippen molar-refractivity contribution in [3.8, 4) is 0 Å². The van der Waals surface area contributed by atoms with Gasteiger partial charge in [-0.25, -0.2) is 4.98 Å². The summed E-state index contributed by atoms with van der Waals surface area (Å²) in [4.78, 5) is 7.52. The molecule has 1 rings (SSSR count). The van der Waals surface area contributed by atoms with Crippen molar-refractivity contribution >= 4 is 12.2 Å². The number of rotatable bonds is 2. The van der Waals surface area contributed by atoms with E-state index in [4.69, 9.17) is 17.0 Å². The van der Waals surface area contributed by atoms with Crippen LogP contribution in [0.1, 0.15) is 30.9 Å². The number of nitrogens with one attached hydrogen (secondary N) is 1. The smallest absolute Gasteiger partial charge is 0.139 e. The van der Waals surface area contributed by atoms with E-state index in [9.17, 15) is 0 Å². The Hall–Kier alpha value is -0.740. The fourth-order valence-electron chi connectivity index (χ4n) is 1.03. The number of methoxy groups -OCH3 is 1. The normalized spacial score (nSPS) is 11.8. The van der Waals surface area contributed by atoms with E-state index in [1.165, 1.54) is 0 Å². The van der Waals surface area contributed by atoms with E-state index in [1.54, 1.807) is 7.11 Å². The van der Waals surface area contributed by atoms with Gasteiger partial charge in [0, 0.05) is 18.4 Å². The predicted octanol–water partition coefficient (Wildman–Crippen LogP) is 2.64. The summed E-state index contributed by atoms with van der Waals surface area (Å²) in [6.45, 7) is 7.86. The van der Waals surface area contributed by atoms with Crippen LogP contribution in [-0.2, 0) is 10.3 Å². The van der Waals surface area contributed by atoms with Crippen LogP contribution >= 0.6 is 12.2 Å². The second-order valence-electron chi connectivity index (χ2n) is 3.85. The highest BCUT2D eigenvalue weighted by Gasteiger charge is 2.22. The average Bonchev–Trinajstić information content (AvgIpc) is 2.13. The van der Waals surface area contributed by atoms with Crippen LogP contribution in [0, 0.1) is 18.5 Å². The zero-order chi connectivity index (χ0) is 10.9. The van der Waals surface area contributed by atoms with Crippen LogP contribution in [0.4, 0.5) is 0 Å². The monoisotopic (exact) mass is 212 g/mol. The quantitative estimate of drug-likeness (QED) is 0.766. The van der Waals surface area contributed by atoms with Gasteiger partial charge in [-0.05, 0) is 27.7 Å². The first kappa shape index (κ1) is 11.3. The molecule has 0 radical (unpaired) electrons. The molecule has 0 amide bonds. The second kappa shape index (κ2) is 3.79. The maximum atomic E-state index is 5.33. The van der Waals surface area contributed by atoms with Gasteiger partial charge in [0.2, 0.25) is 0 Å². The van der Waals surface area contributed by atoms with E-state index in [0.717, 1.165) is 17.1 Å². The highest BCUT2D eigenvalue weighted by atomic mass is 32.1. The molecule has 4 heteroatoms. The lowest BCUT2D eigenvalue weighted by molar-refractivity contribution is 0.0112. The Labute approximate surface area is 89.5 Å². The van der Waals surface area contributed by atoms with Gasteiger partial charge in [-0.3, -0.25) is 0 Å². The van der Waals surface area contributed by atoms with E-state index < -0.39 is 5.60 Å². The lowest BCUT2D eigenvalue weighted by atomic mass is 10.1. The number of H-pyrrole nitrogens is 1. The minimum Gasteiger partial charge on any atom is -0.371 e. The molecular formula is C10H16N2OS. The van der Waals surface area contributed by atoms with Crippen molar-refractivity contribution < 1.29 is 4.74 Å². The van der Waals surface area contributed by atoms with Crippen molar-refractivity contribution in [2.75, 3.05) is 7.11 Å². The van der Waals surface area contributed by atoms with Gasteiger partial charge in [-0.1, -0.05) is 12.2 Å². The van der Waals surface area contributed by atoms with E-state index in [0.29, 0.717) is 4.64 Å². The van der Waals surface area contributed by atoms with E-state index in [2.05, 4.69) is 9.97 Å². The van der Waals surface area contributed by atoms with Crippen LogP contribution in [0.25, 0.3) is 0 Å². The van der Waals surface area contributed by atoms with Crippen molar-refractivity contribution in [3.63, 3.8) is 0 Å². The zero-order valence-corrected chi connectivity index (χ0v) is 10.1. The molecule has 0 aliphatic heterocycles. The summed E-state index contributed by atoms with van der Waals surface area (Å²) in [5.74, 6) is 0.771. The summed E-state index contributed by atoms with van der Waals surface area (Å²) in [5, 5.41) is 0. The van der Waals surface area contributed by atoms with Gasteiger partial charge in [0.1, 0.15) is 16.1 Å². The molecule has 0 aliphatic rings. The fourth-order valence-corrected chi connectivity index (χ4v) is 1.27. The van der Waals surface area contributed by atoms with Gasteiger partial charge >= 0.3 is 0 Å². The average molecular weight is 212 g/mol. The molecule has 0 unspecified atom stereocenters. The Balaban J connectivity index is 3.33. The number of hydrogen-bond acceptors (Lipinski definition) is 3. The first-order chi connectivity index (χ1) is 6.38. The first-order valence-electron chi connectivity index (χ1n) is 4.51. The summed E-state index contributed by atoms with van der Waals surface area (Å²) < 4.78 is 5.97. The highest BCUT2D eigenvalue weighted by molar-refractivity contribution is 7.71. The molecule has 3 nitrogen and oxygen atoms in total. The number of aromatic amines is 1. The SMILES string of the molecule is COC(C)(C)c1nc(=S)c(C)c(C)[nH]1. The van der Waals surface area contributed by atoms with Crippen LogP contribution in [0.2, 0.25) is 0 Å². The molecule has 78 valence electrons. The molecule has 0 bridgehead atoms. The maximum Gasteiger partial charge on any atom is 0.139 e. The molecule has 0 saturated heterocycles. The zero-order valence-electron chi connectivity index (χ0n) is 9.26.